The molecule has 4 aromatic rings. The second kappa shape index (κ2) is 7.83. The van der Waals surface area contributed by atoms with Gasteiger partial charge in [-0.3, -0.25) is 4.57 Å². The monoisotopic (exact) mass is 460 g/mol. The number of aromatic nitrogens is 5. The van der Waals surface area contributed by atoms with Crippen molar-refractivity contribution in [2.24, 2.45) is 4.99 Å². The van der Waals surface area contributed by atoms with Crippen LogP contribution in [-0.2, 0) is 22.6 Å². The molecule has 2 aliphatic heterocycles. The van der Waals surface area contributed by atoms with Gasteiger partial charge in [0, 0.05) is 17.7 Å². The van der Waals surface area contributed by atoms with Crippen molar-refractivity contribution in [2.45, 2.75) is 26.1 Å². The average Bonchev–Trinajstić information content (AvgIpc) is 3.53. The highest BCUT2D eigenvalue weighted by molar-refractivity contribution is 6.31. The molecule has 0 amide bonds. The molecule has 1 unspecified atom stereocenters. The predicted octanol–water partition coefficient (Wildman–Crippen LogP) is 4.12. The van der Waals surface area contributed by atoms with Crippen LogP contribution in [0.2, 0.25) is 5.02 Å². The fraction of sp³-hybridized carbons (Fsp3) is 0.250. The van der Waals surface area contributed by atoms with Crippen LogP contribution < -0.4 is 0 Å². The number of ether oxygens (including phenoxy) is 2. The summed E-state index contributed by atoms with van der Waals surface area (Å²) in [5, 5.41) is 9.44. The van der Waals surface area contributed by atoms with Crippen LogP contribution in [0.5, 0.6) is 0 Å². The van der Waals surface area contributed by atoms with Crippen molar-refractivity contribution in [1.29, 1.82) is 0 Å². The minimum Gasteiger partial charge on any atom is -0.474 e. The first-order chi connectivity index (χ1) is 16.1. The van der Waals surface area contributed by atoms with Crippen LogP contribution in [0.25, 0.3) is 17.1 Å². The van der Waals surface area contributed by atoms with Gasteiger partial charge in [-0.15, -0.1) is 10.2 Å². The van der Waals surface area contributed by atoms with E-state index < -0.39 is 0 Å². The van der Waals surface area contributed by atoms with Crippen molar-refractivity contribution in [2.75, 3.05) is 13.7 Å². The Morgan fingerprint density at radius 3 is 2.91 bits per heavy atom. The topological polar surface area (TPSA) is 79.3 Å². The molecule has 166 valence electrons. The van der Waals surface area contributed by atoms with Gasteiger partial charge in [-0.1, -0.05) is 35.9 Å². The number of hydrogen-bond acceptors (Lipinski definition) is 6. The number of hydrogen-bond donors (Lipinski definition) is 0. The van der Waals surface area contributed by atoms with E-state index >= 15 is 0 Å². The molecule has 8 nitrogen and oxygen atoms in total. The highest BCUT2D eigenvalue weighted by Crippen LogP contribution is 2.35. The van der Waals surface area contributed by atoms with Crippen LogP contribution in [0, 0.1) is 6.92 Å². The summed E-state index contributed by atoms with van der Waals surface area (Å²) >= 11 is 6.34. The molecule has 0 fully saturated rings. The van der Waals surface area contributed by atoms with Crippen molar-refractivity contribution in [3.8, 4) is 17.1 Å². The summed E-state index contributed by atoms with van der Waals surface area (Å²) in [4.78, 5) is 9.62. The molecule has 0 saturated heterocycles. The number of aryl methyl sites for hydroxylation is 1. The van der Waals surface area contributed by atoms with E-state index in [1.807, 2.05) is 34.9 Å². The summed E-state index contributed by atoms with van der Waals surface area (Å²) < 4.78 is 15.5. The Labute approximate surface area is 195 Å². The molecule has 0 N–H and O–H groups in total. The fourth-order valence-electron chi connectivity index (χ4n) is 4.52. The Morgan fingerprint density at radius 1 is 1.18 bits per heavy atom. The van der Waals surface area contributed by atoms with Gasteiger partial charge in [0.25, 0.3) is 0 Å². The number of halogens is 1. The lowest BCUT2D eigenvalue weighted by Gasteiger charge is -2.09. The van der Waals surface area contributed by atoms with Crippen molar-refractivity contribution in [1.82, 2.24) is 24.3 Å². The van der Waals surface area contributed by atoms with E-state index in [1.165, 1.54) is 11.1 Å². The first kappa shape index (κ1) is 20.1. The molecule has 2 aliphatic rings. The quantitative estimate of drug-likeness (QED) is 0.403. The molecule has 6 rings (SSSR count). The van der Waals surface area contributed by atoms with Gasteiger partial charge in [0.05, 0.1) is 17.9 Å². The Balaban J connectivity index is 1.49. The summed E-state index contributed by atoms with van der Waals surface area (Å²) in [7, 11) is 1.64. The number of imidazole rings is 1. The summed E-state index contributed by atoms with van der Waals surface area (Å²) in [5.41, 5.74) is 5.84. The van der Waals surface area contributed by atoms with E-state index in [0.717, 1.165) is 34.3 Å². The van der Waals surface area contributed by atoms with Crippen LogP contribution in [-0.4, -0.2) is 43.9 Å². The maximum absolute atomic E-state index is 6.34. The molecular weight excluding hydrogens is 440 g/mol. The second-order valence-corrected chi connectivity index (χ2v) is 8.58. The average molecular weight is 461 g/mol. The lowest BCUT2D eigenvalue weighted by Crippen LogP contribution is -2.13. The number of benzene rings is 2. The SMILES string of the molecule is COCc1nnc2n1Cc1c(C3=NC(c4ccccc4C)CO3)ncn1-c1ccc(Cl)cc1-2. The molecule has 0 aliphatic carbocycles. The number of fused-ring (bicyclic) bond motifs is 5. The fourth-order valence-corrected chi connectivity index (χ4v) is 4.69. The van der Waals surface area contributed by atoms with Crippen LogP contribution in [0.3, 0.4) is 0 Å². The zero-order valence-electron chi connectivity index (χ0n) is 18.2. The number of methoxy groups -OCH3 is 1. The Morgan fingerprint density at radius 2 is 2.06 bits per heavy atom. The molecule has 2 aromatic heterocycles. The molecule has 0 bridgehead atoms. The van der Waals surface area contributed by atoms with E-state index in [-0.39, 0.29) is 6.04 Å². The number of rotatable bonds is 4. The van der Waals surface area contributed by atoms with E-state index in [9.17, 15) is 0 Å². The van der Waals surface area contributed by atoms with Crippen molar-refractivity contribution < 1.29 is 9.47 Å². The predicted molar refractivity (Wildman–Crippen MR) is 124 cm³/mol. The van der Waals surface area contributed by atoms with Gasteiger partial charge in [0.2, 0.25) is 5.90 Å². The van der Waals surface area contributed by atoms with E-state index in [4.69, 9.17) is 31.1 Å². The third kappa shape index (κ3) is 3.25. The van der Waals surface area contributed by atoms with Crippen LogP contribution in [0.4, 0.5) is 0 Å². The third-order valence-electron chi connectivity index (χ3n) is 6.14. The van der Waals surface area contributed by atoms with Gasteiger partial charge < -0.3 is 14.0 Å². The standard InChI is InChI=1S/C24H21ClN6O2/c1-14-5-3-4-6-16(14)18-11-33-24(27-18)22-20-10-30-21(12-32-2)28-29-23(30)17-9-15(25)7-8-19(17)31(20)13-26-22/h3-9,13,18H,10-12H2,1-2H3. The normalized spacial score (nSPS) is 16.5. The van der Waals surface area contributed by atoms with E-state index in [0.29, 0.717) is 30.7 Å². The summed E-state index contributed by atoms with van der Waals surface area (Å²) in [5.74, 6) is 2.02. The van der Waals surface area contributed by atoms with Crippen LogP contribution in [0.1, 0.15) is 34.4 Å². The number of nitrogens with zero attached hydrogens (tertiary/aromatic N) is 6. The molecule has 2 aromatic carbocycles. The Bertz CT molecular complexity index is 1410. The van der Waals surface area contributed by atoms with Crippen LogP contribution >= 0.6 is 11.6 Å². The van der Waals surface area contributed by atoms with Gasteiger partial charge in [0.15, 0.2) is 11.6 Å². The molecule has 0 spiro atoms. The van der Waals surface area contributed by atoms with E-state index in [2.05, 4.69) is 33.8 Å². The van der Waals surface area contributed by atoms with Gasteiger partial charge in [-0.2, -0.15) is 0 Å². The zero-order chi connectivity index (χ0) is 22.5. The lowest BCUT2D eigenvalue weighted by molar-refractivity contribution is 0.174. The minimum absolute atomic E-state index is 0.0510. The van der Waals surface area contributed by atoms with Gasteiger partial charge in [-0.05, 0) is 36.2 Å². The van der Waals surface area contributed by atoms with Crippen molar-refractivity contribution in [3.05, 3.63) is 82.2 Å². The Hall–Kier alpha value is -3.49. The largest absolute Gasteiger partial charge is 0.474 e. The first-order valence-corrected chi connectivity index (χ1v) is 11.1. The first-order valence-electron chi connectivity index (χ1n) is 10.7. The molecule has 1 atom stereocenters. The zero-order valence-corrected chi connectivity index (χ0v) is 19.0. The maximum atomic E-state index is 6.34. The molecule has 33 heavy (non-hydrogen) atoms. The Kier molecular flexibility index (Phi) is 4.78. The van der Waals surface area contributed by atoms with Crippen molar-refractivity contribution >= 4 is 17.5 Å². The maximum Gasteiger partial charge on any atom is 0.238 e. The summed E-state index contributed by atoms with van der Waals surface area (Å²) in [6, 6.07) is 14.0. The second-order valence-electron chi connectivity index (χ2n) is 8.15. The van der Waals surface area contributed by atoms with Crippen molar-refractivity contribution in [3.63, 3.8) is 0 Å². The summed E-state index contributed by atoms with van der Waals surface area (Å²) in [6.07, 6.45) is 1.81. The van der Waals surface area contributed by atoms with Gasteiger partial charge >= 0.3 is 0 Å². The molecular formula is C24H21ClN6O2. The van der Waals surface area contributed by atoms with Crippen LogP contribution in [0.15, 0.2) is 53.8 Å². The minimum atomic E-state index is -0.0510. The van der Waals surface area contributed by atoms with E-state index in [1.54, 1.807) is 13.4 Å². The molecule has 9 heteroatoms. The third-order valence-corrected chi connectivity index (χ3v) is 6.37. The highest BCUT2D eigenvalue weighted by atomic mass is 35.5. The molecule has 0 radical (unpaired) electrons. The smallest absolute Gasteiger partial charge is 0.238 e. The van der Waals surface area contributed by atoms with Gasteiger partial charge in [-0.25, -0.2) is 9.98 Å². The summed E-state index contributed by atoms with van der Waals surface area (Å²) in [6.45, 7) is 3.43. The van der Waals surface area contributed by atoms with Gasteiger partial charge in [0.1, 0.15) is 31.3 Å². The lowest BCUT2D eigenvalue weighted by atomic mass is 10.0. The molecule has 4 heterocycles. The number of aliphatic imine (C=N–C) groups is 1. The molecule has 0 saturated carbocycles. The highest BCUT2D eigenvalue weighted by Gasteiger charge is 2.31.